The fourth-order valence-electron chi connectivity index (χ4n) is 3.94. The Hall–Kier alpha value is -1.87. The number of carbonyl (C=O) groups is 1. The van der Waals surface area contributed by atoms with Crippen molar-refractivity contribution in [2.75, 3.05) is 7.11 Å². The minimum Gasteiger partial charge on any atom is -0.507 e. The molecule has 0 spiro atoms. The maximum Gasteiger partial charge on any atom is 0.173 e. The normalized spacial score (nSPS) is 38.4. The third-order valence-corrected chi connectivity index (χ3v) is 5.19. The molecule has 0 unspecified atom stereocenters. The predicted molar refractivity (Wildman–Crippen MR) is 79.8 cm³/mol. The van der Waals surface area contributed by atoms with Crippen LogP contribution >= 0.6 is 0 Å². The van der Waals surface area contributed by atoms with Gasteiger partial charge in [-0.05, 0) is 13.3 Å². The summed E-state index contributed by atoms with van der Waals surface area (Å²) in [5.74, 6) is -3.94. The molecule has 6 atom stereocenters. The number of Topliss-reactive ketones (excluding diaryl/α,β-unsaturated/α-hetero) is 1. The van der Waals surface area contributed by atoms with Crippen LogP contribution in [0.25, 0.3) is 0 Å². The number of hydrogen-bond acceptors (Lipinski definition) is 8. The van der Waals surface area contributed by atoms with Gasteiger partial charge < -0.3 is 35.4 Å². The van der Waals surface area contributed by atoms with Gasteiger partial charge in [0.1, 0.15) is 11.9 Å². The summed E-state index contributed by atoms with van der Waals surface area (Å²) in [5.41, 5.74) is -2.22. The van der Waals surface area contributed by atoms with E-state index in [0.717, 1.165) is 6.07 Å². The minimum atomic E-state index is -1.71. The second-order valence-electron chi connectivity index (χ2n) is 6.73. The zero-order valence-electron chi connectivity index (χ0n) is 13.2. The van der Waals surface area contributed by atoms with Crippen LogP contribution in [-0.4, -0.2) is 61.3 Å². The number of hydrogen-bond donors (Lipinski definition) is 6. The van der Waals surface area contributed by atoms with E-state index in [1.165, 1.54) is 14.0 Å². The molecule has 2 aliphatic rings. The van der Waals surface area contributed by atoms with Gasteiger partial charge >= 0.3 is 0 Å². The molecule has 0 aliphatic heterocycles. The Morgan fingerprint density at radius 1 is 1.25 bits per heavy atom. The molecular formula is C16H20O8. The molecule has 0 radical (unpaired) electrons. The summed E-state index contributed by atoms with van der Waals surface area (Å²) in [7, 11) is 1.26. The molecule has 132 valence electrons. The summed E-state index contributed by atoms with van der Waals surface area (Å²) in [4.78, 5) is 12.8. The molecule has 1 fully saturated rings. The highest BCUT2D eigenvalue weighted by molar-refractivity contribution is 6.04. The number of aliphatic hydroxyl groups is 4. The van der Waals surface area contributed by atoms with Crippen LogP contribution in [0.1, 0.15) is 35.4 Å². The van der Waals surface area contributed by atoms with E-state index >= 15 is 0 Å². The third kappa shape index (κ3) is 2.11. The first kappa shape index (κ1) is 17.0. The molecular weight excluding hydrogens is 320 g/mol. The number of aromatic hydroxyl groups is 2. The molecule has 8 heteroatoms. The highest BCUT2D eigenvalue weighted by Crippen LogP contribution is 2.54. The number of methoxy groups -OCH3 is 1. The zero-order chi connectivity index (χ0) is 18.0. The van der Waals surface area contributed by atoms with Crippen molar-refractivity contribution in [2.24, 2.45) is 11.8 Å². The van der Waals surface area contributed by atoms with E-state index in [9.17, 15) is 35.4 Å². The Kier molecular flexibility index (Phi) is 3.76. The lowest BCUT2D eigenvalue weighted by Gasteiger charge is -2.49. The summed E-state index contributed by atoms with van der Waals surface area (Å²) < 4.78 is 4.92. The first-order valence-electron chi connectivity index (χ1n) is 7.55. The van der Waals surface area contributed by atoms with E-state index in [0.29, 0.717) is 0 Å². The second kappa shape index (κ2) is 5.32. The number of phenolic OH excluding ortho intramolecular Hbond substituents is 2. The number of ether oxygens (including phenoxy) is 1. The van der Waals surface area contributed by atoms with Gasteiger partial charge in [0.05, 0.1) is 36.4 Å². The van der Waals surface area contributed by atoms with Gasteiger partial charge in [-0.2, -0.15) is 0 Å². The zero-order valence-corrected chi connectivity index (χ0v) is 13.2. The number of fused-ring (bicyclic) bond motifs is 2. The smallest absolute Gasteiger partial charge is 0.173 e. The number of ketones is 1. The molecule has 1 aromatic rings. The van der Waals surface area contributed by atoms with Gasteiger partial charge in [0.25, 0.3) is 0 Å². The van der Waals surface area contributed by atoms with E-state index in [-0.39, 0.29) is 23.3 Å². The quantitative estimate of drug-likeness (QED) is 0.373. The van der Waals surface area contributed by atoms with Gasteiger partial charge in [-0.3, -0.25) is 4.79 Å². The average Bonchev–Trinajstić information content (AvgIpc) is 2.51. The predicted octanol–water partition coefficient (Wildman–Crippen LogP) is -0.555. The first-order valence-corrected chi connectivity index (χ1v) is 7.55. The van der Waals surface area contributed by atoms with Gasteiger partial charge in [-0.25, -0.2) is 0 Å². The lowest BCUT2D eigenvalue weighted by Crippen LogP contribution is -2.61. The van der Waals surface area contributed by atoms with E-state index in [1.807, 2.05) is 0 Å². The summed E-state index contributed by atoms with van der Waals surface area (Å²) >= 11 is 0. The van der Waals surface area contributed by atoms with Crippen LogP contribution in [0.5, 0.6) is 17.2 Å². The monoisotopic (exact) mass is 340 g/mol. The minimum absolute atomic E-state index is 0.111. The largest absolute Gasteiger partial charge is 0.507 e. The maximum atomic E-state index is 12.8. The van der Waals surface area contributed by atoms with Crippen molar-refractivity contribution in [3.8, 4) is 17.2 Å². The Balaban J connectivity index is 2.21. The fraction of sp³-hybridized carbons (Fsp3) is 0.562. The van der Waals surface area contributed by atoms with E-state index in [1.54, 1.807) is 0 Å². The lowest BCUT2D eigenvalue weighted by atomic mass is 9.60. The highest BCUT2D eigenvalue weighted by atomic mass is 16.5. The van der Waals surface area contributed by atoms with Crippen molar-refractivity contribution in [1.82, 2.24) is 0 Å². The summed E-state index contributed by atoms with van der Waals surface area (Å²) in [6.45, 7) is 1.30. The second-order valence-corrected chi connectivity index (χ2v) is 6.73. The Morgan fingerprint density at radius 2 is 1.88 bits per heavy atom. The number of rotatable bonds is 1. The molecule has 1 aromatic carbocycles. The van der Waals surface area contributed by atoms with Crippen molar-refractivity contribution >= 4 is 5.78 Å². The van der Waals surface area contributed by atoms with Crippen LogP contribution in [0, 0.1) is 11.8 Å². The van der Waals surface area contributed by atoms with Crippen LogP contribution in [0.2, 0.25) is 0 Å². The average molecular weight is 340 g/mol. The van der Waals surface area contributed by atoms with Crippen molar-refractivity contribution in [3.63, 3.8) is 0 Å². The van der Waals surface area contributed by atoms with Crippen LogP contribution in [0.15, 0.2) is 6.07 Å². The van der Waals surface area contributed by atoms with Crippen molar-refractivity contribution < 1.29 is 40.2 Å². The summed E-state index contributed by atoms with van der Waals surface area (Å²) in [6.07, 6.45) is -4.79. The van der Waals surface area contributed by atoms with Gasteiger partial charge in [0.15, 0.2) is 17.3 Å². The molecule has 6 N–H and O–H groups in total. The molecule has 0 saturated heterocycles. The van der Waals surface area contributed by atoms with E-state index in [2.05, 4.69) is 0 Å². The van der Waals surface area contributed by atoms with Crippen molar-refractivity contribution in [2.45, 2.75) is 37.3 Å². The van der Waals surface area contributed by atoms with Gasteiger partial charge in [0, 0.05) is 17.5 Å². The lowest BCUT2D eigenvalue weighted by molar-refractivity contribution is -0.184. The van der Waals surface area contributed by atoms with E-state index < -0.39 is 53.0 Å². The molecule has 3 rings (SSSR count). The maximum absolute atomic E-state index is 12.8. The Bertz CT molecular complexity index is 698. The fourth-order valence-corrected chi connectivity index (χ4v) is 3.94. The van der Waals surface area contributed by atoms with Crippen LogP contribution < -0.4 is 4.74 Å². The van der Waals surface area contributed by atoms with Crippen LogP contribution in [0.4, 0.5) is 0 Å². The molecule has 1 saturated carbocycles. The number of aliphatic hydroxyl groups excluding tert-OH is 3. The van der Waals surface area contributed by atoms with Gasteiger partial charge in [-0.1, -0.05) is 0 Å². The number of phenols is 2. The molecule has 0 heterocycles. The molecule has 0 bridgehead atoms. The van der Waals surface area contributed by atoms with Crippen LogP contribution in [0.3, 0.4) is 0 Å². The first-order chi connectivity index (χ1) is 11.1. The van der Waals surface area contributed by atoms with Crippen molar-refractivity contribution in [1.29, 1.82) is 0 Å². The van der Waals surface area contributed by atoms with Crippen LogP contribution in [-0.2, 0) is 0 Å². The molecule has 24 heavy (non-hydrogen) atoms. The highest BCUT2D eigenvalue weighted by Gasteiger charge is 2.57. The van der Waals surface area contributed by atoms with E-state index in [4.69, 9.17) is 4.74 Å². The Labute approximate surface area is 137 Å². The Morgan fingerprint density at radius 3 is 2.46 bits per heavy atom. The molecule has 0 aromatic heterocycles. The summed E-state index contributed by atoms with van der Waals surface area (Å²) in [6, 6.07) is 1.04. The number of benzene rings is 1. The topological polar surface area (TPSA) is 148 Å². The molecule has 2 aliphatic carbocycles. The van der Waals surface area contributed by atoms with Crippen molar-refractivity contribution in [3.05, 3.63) is 17.2 Å². The van der Waals surface area contributed by atoms with Gasteiger partial charge in [0.2, 0.25) is 0 Å². The van der Waals surface area contributed by atoms with Gasteiger partial charge in [-0.15, -0.1) is 0 Å². The number of carbonyl (C=O) groups excluding carboxylic acids is 1. The molecule has 0 amide bonds. The summed E-state index contributed by atoms with van der Waals surface area (Å²) in [5, 5.41) is 61.6. The molecule has 8 nitrogen and oxygen atoms in total. The standard InChI is InChI=1S/C16H20O8/c1-16(23)4-5-8(14(21)15(16)22)13(20)9-6(17)3-7(24-2)12(19)10(9)11(5)18/h3,5,8,11,14-15,17-19,21-23H,4H2,1-2H3/t5-,8-,11+,14-,15+,16-/m0/s1. The third-order valence-electron chi connectivity index (χ3n) is 5.19. The SMILES string of the molecule is COc1cc(O)c2c(c1O)[C@H](O)[C@H]1C[C@](C)(O)[C@H](O)[C@@H](O)[C@@H]1C2=O.